The Labute approximate surface area is 146 Å². The average molecular weight is 335 g/mol. The number of amides is 1. The molecule has 0 radical (unpaired) electrons. The van der Waals surface area contributed by atoms with Crippen molar-refractivity contribution in [2.24, 2.45) is 0 Å². The fourth-order valence-corrected chi connectivity index (χ4v) is 3.28. The van der Waals surface area contributed by atoms with E-state index in [4.69, 9.17) is 0 Å². The molecular formula is C19H21N5O. The van der Waals surface area contributed by atoms with Crippen molar-refractivity contribution in [1.29, 1.82) is 0 Å². The van der Waals surface area contributed by atoms with E-state index >= 15 is 0 Å². The summed E-state index contributed by atoms with van der Waals surface area (Å²) in [6, 6.07) is 15.7. The SMILES string of the molecule is O=C(Cn1nnc2ccccc21)Nc1ccc(N2CCCCC2)cc1. The summed E-state index contributed by atoms with van der Waals surface area (Å²) in [7, 11) is 0. The molecule has 1 fully saturated rings. The summed E-state index contributed by atoms with van der Waals surface area (Å²) in [5.74, 6) is -0.110. The minimum absolute atomic E-state index is 0.110. The monoisotopic (exact) mass is 335 g/mol. The molecule has 1 aliphatic heterocycles. The third-order valence-corrected chi connectivity index (χ3v) is 4.59. The van der Waals surface area contributed by atoms with Crippen LogP contribution in [0.1, 0.15) is 19.3 Å². The molecule has 1 aromatic heterocycles. The van der Waals surface area contributed by atoms with Crippen molar-refractivity contribution in [2.45, 2.75) is 25.8 Å². The second-order valence-corrected chi connectivity index (χ2v) is 6.38. The molecule has 25 heavy (non-hydrogen) atoms. The van der Waals surface area contributed by atoms with Gasteiger partial charge in [-0.25, -0.2) is 4.68 Å². The number of nitrogens with one attached hydrogen (secondary N) is 1. The number of para-hydroxylation sites is 1. The predicted octanol–water partition coefficient (Wildman–Crippen LogP) is 3.06. The second kappa shape index (κ2) is 6.93. The number of nitrogens with zero attached hydrogens (tertiary/aromatic N) is 4. The Kier molecular flexibility index (Phi) is 4.33. The van der Waals surface area contributed by atoms with Gasteiger partial charge in [-0.3, -0.25) is 4.79 Å². The molecule has 1 aliphatic rings. The first kappa shape index (κ1) is 15.6. The highest BCUT2D eigenvalue weighted by molar-refractivity contribution is 5.91. The number of aromatic nitrogens is 3. The first-order valence-electron chi connectivity index (χ1n) is 8.73. The third kappa shape index (κ3) is 3.47. The Hall–Kier alpha value is -2.89. The second-order valence-electron chi connectivity index (χ2n) is 6.38. The molecule has 0 aliphatic carbocycles. The Morgan fingerprint density at radius 3 is 2.56 bits per heavy atom. The molecular weight excluding hydrogens is 314 g/mol. The minimum atomic E-state index is -0.110. The quantitative estimate of drug-likeness (QED) is 0.796. The first-order valence-corrected chi connectivity index (χ1v) is 8.73. The van der Waals surface area contributed by atoms with Gasteiger partial charge in [-0.15, -0.1) is 5.10 Å². The molecule has 2 aromatic carbocycles. The molecule has 0 unspecified atom stereocenters. The van der Waals surface area contributed by atoms with E-state index in [0.717, 1.165) is 29.8 Å². The predicted molar refractivity (Wildman–Crippen MR) is 98.7 cm³/mol. The molecule has 128 valence electrons. The standard InChI is InChI=1S/C19H21N5O/c25-19(14-24-18-7-3-2-6-17(18)21-22-24)20-15-8-10-16(11-9-15)23-12-4-1-5-13-23/h2-3,6-11H,1,4-5,12-14H2,(H,20,25). The topological polar surface area (TPSA) is 63.1 Å². The maximum absolute atomic E-state index is 12.3. The number of carbonyl (C=O) groups excluding carboxylic acids is 1. The highest BCUT2D eigenvalue weighted by atomic mass is 16.2. The van der Waals surface area contributed by atoms with E-state index in [9.17, 15) is 4.79 Å². The van der Waals surface area contributed by atoms with Gasteiger partial charge in [0.05, 0.1) is 5.52 Å². The van der Waals surface area contributed by atoms with Crippen LogP contribution in [-0.2, 0) is 11.3 Å². The zero-order chi connectivity index (χ0) is 17.1. The molecule has 6 nitrogen and oxygen atoms in total. The smallest absolute Gasteiger partial charge is 0.246 e. The van der Waals surface area contributed by atoms with Gasteiger partial charge in [0, 0.05) is 24.5 Å². The molecule has 1 amide bonds. The molecule has 0 saturated carbocycles. The zero-order valence-corrected chi connectivity index (χ0v) is 14.1. The fourth-order valence-electron chi connectivity index (χ4n) is 3.28. The van der Waals surface area contributed by atoms with E-state index in [-0.39, 0.29) is 12.5 Å². The van der Waals surface area contributed by atoms with Crippen molar-refractivity contribution < 1.29 is 4.79 Å². The van der Waals surface area contributed by atoms with Crippen molar-refractivity contribution in [3.63, 3.8) is 0 Å². The lowest BCUT2D eigenvalue weighted by molar-refractivity contribution is -0.116. The van der Waals surface area contributed by atoms with Crippen LogP contribution in [-0.4, -0.2) is 34.0 Å². The van der Waals surface area contributed by atoms with Crippen LogP contribution in [0.2, 0.25) is 0 Å². The molecule has 0 bridgehead atoms. The Bertz CT molecular complexity index is 865. The number of hydrogen-bond acceptors (Lipinski definition) is 4. The van der Waals surface area contributed by atoms with Gasteiger partial charge in [0.2, 0.25) is 5.91 Å². The van der Waals surface area contributed by atoms with Crippen LogP contribution < -0.4 is 10.2 Å². The molecule has 0 atom stereocenters. The Morgan fingerprint density at radius 2 is 1.76 bits per heavy atom. The number of benzene rings is 2. The van der Waals surface area contributed by atoms with Crippen molar-refractivity contribution in [2.75, 3.05) is 23.3 Å². The van der Waals surface area contributed by atoms with Gasteiger partial charge in [0.1, 0.15) is 12.1 Å². The summed E-state index contributed by atoms with van der Waals surface area (Å²) in [4.78, 5) is 14.7. The van der Waals surface area contributed by atoms with E-state index in [2.05, 4.69) is 32.7 Å². The maximum atomic E-state index is 12.3. The van der Waals surface area contributed by atoms with E-state index in [0.29, 0.717) is 0 Å². The Morgan fingerprint density at radius 1 is 1.00 bits per heavy atom. The van der Waals surface area contributed by atoms with Crippen molar-refractivity contribution in [3.05, 3.63) is 48.5 Å². The number of piperidine rings is 1. The third-order valence-electron chi connectivity index (χ3n) is 4.59. The average Bonchev–Trinajstić information content (AvgIpc) is 3.06. The van der Waals surface area contributed by atoms with Crippen LogP contribution in [0.4, 0.5) is 11.4 Å². The van der Waals surface area contributed by atoms with Crippen LogP contribution in [0, 0.1) is 0 Å². The summed E-state index contributed by atoms with van der Waals surface area (Å²) < 4.78 is 1.62. The fraction of sp³-hybridized carbons (Fsp3) is 0.316. The van der Waals surface area contributed by atoms with Gasteiger partial charge in [0.15, 0.2) is 0 Å². The largest absolute Gasteiger partial charge is 0.372 e. The molecule has 1 N–H and O–H groups in total. The summed E-state index contributed by atoms with van der Waals surface area (Å²) in [5.41, 5.74) is 3.68. The molecule has 6 heteroatoms. The van der Waals surface area contributed by atoms with Crippen LogP contribution in [0.15, 0.2) is 48.5 Å². The molecule has 4 rings (SSSR count). The van der Waals surface area contributed by atoms with E-state index in [1.54, 1.807) is 4.68 Å². The number of anilines is 2. The van der Waals surface area contributed by atoms with Gasteiger partial charge >= 0.3 is 0 Å². The molecule has 1 saturated heterocycles. The normalized spacial score (nSPS) is 14.6. The van der Waals surface area contributed by atoms with Crippen molar-refractivity contribution in [1.82, 2.24) is 15.0 Å². The highest BCUT2D eigenvalue weighted by Crippen LogP contribution is 2.21. The van der Waals surface area contributed by atoms with Gasteiger partial charge in [-0.05, 0) is 55.7 Å². The van der Waals surface area contributed by atoms with E-state index in [1.165, 1.54) is 24.9 Å². The number of rotatable bonds is 4. The summed E-state index contributed by atoms with van der Waals surface area (Å²) in [6.07, 6.45) is 3.83. The lowest BCUT2D eigenvalue weighted by Gasteiger charge is -2.28. The molecule has 0 spiro atoms. The minimum Gasteiger partial charge on any atom is -0.372 e. The van der Waals surface area contributed by atoms with Gasteiger partial charge in [-0.1, -0.05) is 17.3 Å². The summed E-state index contributed by atoms with van der Waals surface area (Å²) >= 11 is 0. The first-order chi connectivity index (χ1) is 12.3. The van der Waals surface area contributed by atoms with Gasteiger partial charge in [-0.2, -0.15) is 0 Å². The highest BCUT2D eigenvalue weighted by Gasteiger charge is 2.12. The van der Waals surface area contributed by atoms with E-state index in [1.807, 2.05) is 36.4 Å². The zero-order valence-electron chi connectivity index (χ0n) is 14.1. The van der Waals surface area contributed by atoms with Crippen LogP contribution >= 0.6 is 0 Å². The van der Waals surface area contributed by atoms with Crippen LogP contribution in [0.3, 0.4) is 0 Å². The van der Waals surface area contributed by atoms with Crippen molar-refractivity contribution >= 4 is 28.3 Å². The molecule has 3 aromatic rings. The molecule has 2 heterocycles. The lowest BCUT2D eigenvalue weighted by Crippen LogP contribution is -2.29. The van der Waals surface area contributed by atoms with Crippen LogP contribution in [0.25, 0.3) is 11.0 Å². The summed E-state index contributed by atoms with van der Waals surface area (Å²) in [5, 5.41) is 11.0. The van der Waals surface area contributed by atoms with Crippen LogP contribution in [0.5, 0.6) is 0 Å². The van der Waals surface area contributed by atoms with Crippen molar-refractivity contribution in [3.8, 4) is 0 Å². The number of carbonyl (C=O) groups is 1. The van der Waals surface area contributed by atoms with Gasteiger partial charge in [0.25, 0.3) is 0 Å². The van der Waals surface area contributed by atoms with E-state index < -0.39 is 0 Å². The Balaban J connectivity index is 1.40. The number of fused-ring (bicyclic) bond motifs is 1. The lowest BCUT2D eigenvalue weighted by atomic mass is 10.1. The maximum Gasteiger partial charge on any atom is 0.246 e. The number of hydrogen-bond donors (Lipinski definition) is 1. The van der Waals surface area contributed by atoms with Gasteiger partial charge < -0.3 is 10.2 Å². The summed E-state index contributed by atoms with van der Waals surface area (Å²) in [6.45, 7) is 2.38.